The Morgan fingerprint density at radius 3 is 2.70 bits per heavy atom. The summed E-state index contributed by atoms with van der Waals surface area (Å²) < 4.78 is 15.4. The van der Waals surface area contributed by atoms with Crippen molar-refractivity contribution < 1.29 is 24.2 Å². The van der Waals surface area contributed by atoms with Crippen molar-refractivity contribution in [2.45, 2.75) is 63.5 Å². The second-order valence-electron chi connectivity index (χ2n) is 10.6. The minimum atomic E-state index is -1.06. The average Bonchev–Trinajstić information content (AvgIpc) is 3.21. The Labute approximate surface area is 217 Å². The minimum absolute atomic E-state index is 0.0427. The molecular formula is C29H38FN3O4. The van der Waals surface area contributed by atoms with E-state index in [-0.39, 0.29) is 35.5 Å². The van der Waals surface area contributed by atoms with E-state index in [4.69, 9.17) is 10.8 Å². The fourth-order valence-electron chi connectivity index (χ4n) is 6.16. The highest BCUT2D eigenvalue weighted by atomic mass is 19.1. The molecule has 2 aromatic rings. The summed E-state index contributed by atoms with van der Waals surface area (Å²) in [6.45, 7) is 3.52. The van der Waals surface area contributed by atoms with Crippen LogP contribution in [0.3, 0.4) is 0 Å². The van der Waals surface area contributed by atoms with Gasteiger partial charge in [-0.25, -0.2) is 9.18 Å². The van der Waals surface area contributed by atoms with E-state index in [1.807, 2.05) is 42.2 Å². The van der Waals surface area contributed by atoms with Crippen molar-refractivity contribution in [1.82, 2.24) is 10.2 Å². The molecule has 0 bridgehead atoms. The first kappa shape index (κ1) is 27.1. The number of nitrogens with zero attached hydrogens (tertiary/aromatic N) is 1. The van der Waals surface area contributed by atoms with Crippen LogP contribution in [0.25, 0.3) is 11.1 Å². The topological polar surface area (TPSA) is 116 Å². The van der Waals surface area contributed by atoms with E-state index in [2.05, 4.69) is 5.32 Å². The lowest BCUT2D eigenvalue weighted by atomic mass is 9.75. The third-order valence-electron chi connectivity index (χ3n) is 7.98. The third-order valence-corrected chi connectivity index (χ3v) is 7.98. The van der Waals surface area contributed by atoms with Crippen molar-refractivity contribution in [2.75, 3.05) is 19.6 Å². The summed E-state index contributed by atoms with van der Waals surface area (Å²) in [4.78, 5) is 26.2. The highest BCUT2D eigenvalue weighted by molar-refractivity contribution is 5.79. The molecule has 0 radical (unpaired) electrons. The normalized spacial score (nSPS) is 24.6. The SMILES string of the molecule is Cc1cccc(-c2c(F)cccc2[C@@H](CCCNC(=O)O)[C@@H]2CCCN(C(=O)[C@H]3C[C@@H](N)[C@@H](O)C3)C2)c1. The number of carbonyl (C=O) groups is 2. The molecule has 0 aromatic heterocycles. The molecule has 2 aliphatic rings. The minimum Gasteiger partial charge on any atom is -0.465 e. The average molecular weight is 512 g/mol. The van der Waals surface area contributed by atoms with Gasteiger partial charge in [0, 0.05) is 37.2 Å². The first-order valence-electron chi connectivity index (χ1n) is 13.3. The van der Waals surface area contributed by atoms with Crippen molar-refractivity contribution in [3.63, 3.8) is 0 Å². The van der Waals surface area contributed by atoms with E-state index >= 15 is 4.39 Å². The first-order chi connectivity index (χ1) is 17.7. The molecule has 5 N–H and O–H groups in total. The molecule has 1 saturated heterocycles. The molecular weight excluding hydrogens is 473 g/mol. The molecule has 4 rings (SSSR count). The zero-order valence-corrected chi connectivity index (χ0v) is 21.4. The Kier molecular flexibility index (Phi) is 8.82. The van der Waals surface area contributed by atoms with Crippen LogP contribution >= 0.6 is 0 Å². The van der Waals surface area contributed by atoms with Gasteiger partial charge in [0.05, 0.1) is 6.10 Å². The van der Waals surface area contributed by atoms with E-state index < -0.39 is 12.2 Å². The Morgan fingerprint density at radius 2 is 2.00 bits per heavy atom. The molecule has 37 heavy (non-hydrogen) atoms. The van der Waals surface area contributed by atoms with Crippen LogP contribution in [0.4, 0.5) is 9.18 Å². The monoisotopic (exact) mass is 511 g/mol. The fraction of sp³-hybridized carbons (Fsp3) is 0.517. The Morgan fingerprint density at radius 1 is 1.22 bits per heavy atom. The molecule has 8 heteroatoms. The first-order valence-corrected chi connectivity index (χ1v) is 13.3. The van der Waals surface area contributed by atoms with Crippen LogP contribution in [0.5, 0.6) is 0 Å². The van der Waals surface area contributed by atoms with Crippen LogP contribution in [0.1, 0.15) is 55.6 Å². The van der Waals surface area contributed by atoms with Crippen molar-refractivity contribution in [2.24, 2.45) is 17.6 Å². The molecule has 5 atom stereocenters. The predicted molar refractivity (Wildman–Crippen MR) is 141 cm³/mol. The smallest absolute Gasteiger partial charge is 0.404 e. The third kappa shape index (κ3) is 6.48. The lowest BCUT2D eigenvalue weighted by Gasteiger charge is -2.39. The summed E-state index contributed by atoms with van der Waals surface area (Å²) >= 11 is 0. The van der Waals surface area contributed by atoms with Crippen LogP contribution < -0.4 is 11.1 Å². The van der Waals surface area contributed by atoms with Gasteiger partial charge in [0.25, 0.3) is 0 Å². The molecule has 2 fully saturated rings. The molecule has 0 spiro atoms. The Hall–Kier alpha value is -2.97. The van der Waals surface area contributed by atoms with Crippen molar-refractivity contribution in [1.29, 1.82) is 0 Å². The molecule has 1 aliphatic carbocycles. The summed E-state index contributed by atoms with van der Waals surface area (Å²) in [6.07, 6.45) is 2.20. The van der Waals surface area contributed by atoms with Crippen molar-refractivity contribution in [3.8, 4) is 11.1 Å². The zero-order chi connectivity index (χ0) is 26.5. The Balaban J connectivity index is 1.62. The van der Waals surface area contributed by atoms with Gasteiger partial charge in [-0.05, 0) is 74.5 Å². The van der Waals surface area contributed by atoms with E-state index in [0.29, 0.717) is 50.9 Å². The van der Waals surface area contributed by atoms with Gasteiger partial charge in [0.2, 0.25) is 5.91 Å². The number of halogens is 1. The molecule has 1 heterocycles. The number of likely N-dealkylation sites (tertiary alicyclic amines) is 1. The van der Waals surface area contributed by atoms with E-state index in [0.717, 1.165) is 29.5 Å². The van der Waals surface area contributed by atoms with E-state index in [9.17, 15) is 14.7 Å². The maximum absolute atomic E-state index is 15.4. The van der Waals surface area contributed by atoms with Crippen LogP contribution in [-0.4, -0.2) is 58.9 Å². The lowest BCUT2D eigenvalue weighted by Crippen LogP contribution is -2.44. The number of rotatable bonds is 8. The second kappa shape index (κ2) is 12.0. The maximum Gasteiger partial charge on any atom is 0.404 e. The quantitative estimate of drug-likeness (QED) is 0.395. The summed E-state index contributed by atoms with van der Waals surface area (Å²) in [5.41, 5.74) is 9.31. The van der Waals surface area contributed by atoms with Gasteiger partial charge in [-0.2, -0.15) is 0 Å². The van der Waals surface area contributed by atoms with E-state index in [1.54, 1.807) is 6.07 Å². The highest BCUT2D eigenvalue weighted by Gasteiger charge is 2.39. The second-order valence-corrected chi connectivity index (χ2v) is 10.6. The number of carbonyl (C=O) groups excluding carboxylic acids is 1. The van der Waals surface area contributed by atoms with Gasteiger partial charge >= 0.3 is 6.09 Å². The largest absolute Gasteiger partial charge is 0.465 e. The molecule has 2 amide bonds. The number of aliphatic hydroxyl groups is 1. The molecule has 0 unspecified atom stereocenters. The molecule has 200 valence electrons. The van der Waals surface area contributed by atoms with Gasteiger partial charge in [0.15, 0.2) is 0 Å². The van der Waals surface area contributed by atoms with Gasteiger partial charge in [-0.15, -0.1) is 0 Å². The summed E-state index contributed by atoms with van der Waals surface area (Å²) in [5.74, 6) is -0.448. The Bertz CT molecular complexity index is 1100. The number of amides is 2. The number of hydrogen-bond acceptors (Lipinski definition) is 4. The molecule has 7 nitrogen and oxygen atoms in total. The van der Waals surface area contributed by atoms with Gasteiger partial charge in [0.1, 0.15) is 5.82 Å². The van der Waals surface area contributed by atoms with Crippen molar-refractivity contribution in [3.05, 3.63) is 59.4 Å². The molecule has 1 aliphatic heterocycles. The fourth-order valence-corrected chi connectivity index (χ4v) is 6.16. The number of hydrogen-bond donors (Lipinski definition) is 4. The molecule has 2 aromatic carbocycles. The lowest BCUT2D eigenvalue weighted by molar-refractivity contribution is -0.137. The van der Waals surface area contributed by atoms with E-state index in [1.165, 1.54) is 6.07 Å². The standard InChI is InChI=1S/C29H38FN3O4/c1-18-6-2-7-19(14-18)27-23(9-3-11-24(27)30)22(10-4-12-32-29(36)37)20-8-5-13-33(17-20)28(35)21-15-25(31)26(34)16-21/h2-3,6-7,9,11,14,20-22,25-26,32,34H,4-5,8,10,12-13,15-17,31H2,1H3,(H,36,37)/t20-,21+,22+,25-,26+/m1/s1. The summed E-state index contributed by atoms with van der Waals surface area (Å²) in [6, 6.07) is 12.6. The van der Waals surface area contributed by atoms with Crippen LogP contribution in [0.2, 0.25) is 0 Å². The number of piperidine rings is 1. The number of aryl methyl sites for hydroxylation is 1. The number of benzene rings is 2. The zero-order valence-electron chi connectivity index (χ0n) is 21.4. The van der Waals surface area contributed by atoms with Crippen LogP contribution in [-0.2, 0) is 4.79 Å². The maximum atomic E-state index is 15.4. The summed E-state index contributed by atoms with van der Waals surface area (Å²) in [7, 11) is 0. The van der Waals surface area contributed by atoms with Crippen LogP contribution in [0, 0.1) is 24.6 Å². The highest BCUT2D eigenvalue weighted by Crippen LogP contribution is 2.41. The predicted octanol–water partition coefficient (Wildman–Crippen LogP) is 4.27. The summed E-state index contributed by atoms with van der Waals surface area (Å²) in [5, 5.41) is 21.5. The van der Waals surface area contributed by atoms with Gasteiger partial charge in [-0.3, -0.25) is 4.79 Å². The van der Waals surface area contributed by atoms with Crippen molar-refractivity contribution >= 4 is 12.0 Å². The number of aliphatic hydroxyl groups excluding tert-OH is 1. The number of nitrogens with one attached hydrogen (secondary N) is 1. The molecule has 1 saturated carbocycles. The van der Waals surface area contributed by atoms with Gasteiger partial charge < -0.3 is 26.2 Å². The number of nitrogens with two attached hydrogens (primary N) is 1. The van der Waals surface area contributed by atoms with Crippen LogP contribution in [0.15, 0.2) is 42.5 Å². The number of carboxylic acid groups (broad SMARTS) is 1. The van der Waals surface area contributed by atoms with Gasteiger partial charge in [-0.1, -0.05) is 42.0 Å².